The van der Waals surface area contributed by atoms with Crippen LogP contribution < -0.4 is 5.73 Å². The van der Waals surface area contributed by atoms with Gasteiger partial charge in [-0.25, -0.2) is 27.9 Å². The summed E-state index contributed by atoms with van der Waals surface area (Å²) < 4.78 is 46.7. The van der Waals surface area contributed by atoms with Crippen LogP contribution in [-0.4, -0.2) is 39.0 Å². The molecule has 156 valence electrons. The summed E-state index contributed by atoms with van der Waals surface area (Å²) >= 11 is 0. The van der Waals surface area contributed by atoms with Gasteiger partial charge in [-0.1, -0.05) is 0 Å². The van der Waals surface area contributed by atoms with Crippen molar-refractivity contribution in [2.24, 2.45) is 5.73 Å². The molecule has 0 radical (unpaired) electrons. The van der Waals surface area contributed by atoms with E-state index in [2.05, 4.69) is 19.7 Å². The van der Waals surface area contributed by atoms with Gasteiger partial charge in [-0.2, -0.15) is 0 Å². The second kappa shape index (κ2) is 7.45. The van der Waals surface area contributed by atoms with Gasteiger partial charge in [0.25, 0.3) is 6.43 Å². The van der Waals surface area contributed by atoms with Gasteiger partial charge in [0.1, 0.15) is 11.5 Å². The zero-order valence-electron chi connectivity index (χ0n) is 16.1. The molecule has 7 nitrogen and oxygen atoms in total. The number of ether oxygens (including phenoxy) is 1. The van der Waals surface area contributed by atoms with Gasteiger partial charge in [0.05, 0.1) is 41.6 Å². The van der Waals surface area contributed by atoms with E-state index in [0.29, 0.717) is 17.0 Å². The van der Waals surface area contributed by atoms with Gasteiger partial charge in [0, 0.05) is 17.5 Å². The van der Waals surface area contributed by atoms with Gasteiger partial charge in [0.2, 0.25) is 0 Å². The lowest BCUT2D eigenvalue weighted by Crippen LogP contribution is -2.09. The first-order chi connectivity index (χ1) is 14.3. The summed E-state index contributed by atoms with van der Waals surface area (Å²) in [5.41, 5.74) is 7.49. The molecule has 30 heavy (non-hydrogen) atoms. The third-order valence-electron chi connectivity index (χ3n) is 4.77. The molecule has 4 rings (SSSR count). The highest BCUT2D eigenvalue weighted by molar-refractivity contribution is 5.95. The van der Waals surface area contributed by atoms with Crippen molar-refractivity contribution < 1.29 is 22.7 Å². The van der Waals surface area contributed by atoms with E-state index >= 15 is 0 Å². The lowest BCUT2D eigenvalue weighted by Gasteiger charge is -2.08. The number of nitrogens with one attached hydrogen (secondary N) is 1. The highest BCUT2D eigenvalue weighted by Crippen LogP contribution is 2.29. The van der Waals surface area contributed by atoms with Gasteiger partial charge >= 0.3 is 5.97 Å². The maximum Gasteiger partial charge on any atom is 0.340 e. The summed E-state index contributed by atoms with van der Waals surface area (Å²) in [6.07, 6.45) is -2.70. The number of alkyl halides is 2. The SMILES string of the molecule is COC(=O)c1cc2nc(-c3cc4ccc([C@@H](C)N)nc4[nH]3)n(CC(F)F)c2cc1F. The Bertz CT molecular complexity index is 1260. The highest BCUT2D eigenvalue weighted by atomic mass is 19.3. The van der Waals surface area contributed by atoms with Gasteiger partial charge in [-0.05, 0) is 31.2 Å². The number of hydrogen-bond donors (Lipinski definition) is 2. The maximum atomic E-state index is 14.4. The molecule has 0 spiro atoms. The molecule has 0 unspecified atom stereocenters. The van der Waals surface area contributed by atoms with E-state index in [1.807, 2.05) is 6.07 Å². The molecule has 0 amide bonds. The quantitative estimate of drug-likeness (QED) is 0.482. The van der Waals surface area contributed by atoms with Gasteiger partial charge < -0.3 is 20.0 Å². The van der Waals surface area contributed by atoms with Crippen LogP contribution in [-0.2, 0) is 11.3 Å². The summed E-state index contributed by atoms with van der Waals surface area (Å²) in [6, 6.07) is 7.24. The number of imidazole rings is 1. The van der Waals surface area contributed by atoms with Gasteiger partial charge in [-0.15, -0.1) is 0 Å². The average Bonchev–Trinajstić information content (AvgIpc) is 3.27. The van der Waals surface area contributed by atoms with Crippen LogP contribution in [0, 0.1) is 5.82 Å². The second-order valence-corrected chi connectivity index (χ2v) is 6.90. The number of carbonyl (C=O) groups excluding carboxylic acids is 1. The summed E-state index contributed by atoms with van der Waals surface area (Å²) in [6.45, 7) is 1.10. The Labute approximate surface area is 168 Å². The smallest absolute Gasteiger partial charge is 0.340 e. The first-order valence-electron chi connectivity index (χ1n) is 9.10. The molecule has 0 aliphatic heterocycles. The van der Waals surface area contributed by atoms with Crippen LogP contribution in [0.3, 0.4) is 0 Å². The van der Waals surface area contributed by atoms with Crippen molar-refractivity contribution in [2.75, 3.05) is 7.11 Å². The number of benzene rings is 1. The number of nitrogens with zero attached hydrogens (tertiary/aromatic N) is 3. The summed E-state index contributed by atoms with van der Waals surface area (Å²) in [7, 11) is 1.13. The molecule has 3 N–H and O–H groups in total. The first-order valence-corrected chi connectivity index (χ1v) is 9.10. The van der Waals surface area contributed by atoms with E-state index in [4.69, 9.17) is 5.73 Å². The van der Waals surface area contributed by atoms with Gasteiger partial charge in [0.15, 0.2) is 5.82 Å². The molecule has 4 aromatic rings. The zero-order chi connectivity index (χ0) is 21.6. The van der Waals surface area contributed by atoms with Crippen molar-refractivity contribution in [3.8, 4) is 11.5 Å². The van der Waals surface area contributed by atoms with Crippen molar-refractivity contribution in [3.05, 3.63) is 47.4 Å². The molecule has 1 aromatic carbocycles. The number of nitrogens with two attached hydrogens (primary N) is 1. The molecule has 0 saturated heterocycles. The first kappa shape index (κ1) is 19.9. The minimum absolute atomic E-state index is 0.137. The lowest BCUT2D eigenvalue weighted by atomic mass is 10.2. The predicted molar refractivity (Wildman–Crippen MR) is 105 cm³/mol. The molecule has 0 bridgehead atoms. The number of carbonyl (C=O) groups is 1. The fourth-order valence-corrected chi connectivity index (χ4v) is 3.34. The lowest BCUT2D eigenvalue weighted by molar-refractivity contribution is 0.0595. The third kappa shape index (κ3) is 3.39. The van der Waals surface area contributed by atoms with E-state index in [9.17, 15) is 18.0 Å². The largest absolute Gasteiger partial charge is 0.465 e. The Hall–Kier alpha value is -3.40. The standard InChI is InChI=1S/C20H18F3N5O2/c1-9(24)13-4-3-10-5-15(26-18(10)25-13)19-27-14-6-11(20(29)30-2)12(21)7-16(14)28(19)8-17(22)23/h3-7,9,17H,8,24H2,1-2H3,(H,25,26)/t9-/m1/s1. The minimum atomic E-state index is -2.70. The molecule has 0 aliphatic rings. The van der Waals surface area contributed by atoms with Crippen LogP contribution in [0.25, 0.3) is 33.6 Å². The molecule has 0 saturated carbocycles. The molecule has 1 atom stereocenters. The number of hydrogen-bond acceptors (Lipinski definition) is 5. The van der Waals surface area contributed by atoms with Crippen molar-refractivity contribution in [1.82, 2.24) is 19.5 Å². The highest BCUT2D eigenvalue weighted by Gasteiger charge is 2.22. The van der Waals surface area contributed by atoms with Crippen molar-refractivity contribution in [1.29, 1.82) is 0 Å². The number of aromatic nitrogens is 4. The van der Waals surface area contributed by atoms with E-state index in [0.717, 1.165) is 18.6 Å². The third-order valence-corrected chi connectivity index (χ3v) is 4.77. The Morgan fingerprint density at radius 3 is 2.70 bits per heavy atom. The van der Waals surface area contributed by atoms with Crippen LogP contribution in [0.2, 0.25) is 0 Å². The summed E-state index contributed by atoms with van der Waals surface area (Å²) in [5, 5.41) is 0.742. The summed E-state index contributed by atoms with van der Waals surface area (Å²) in [4.78, 5) is 23.7. The maximum absolute atomic E-state index is 14.4. The molecule has 3 heterocycles. The number of fused-ring (bicyclic) bond motifs is 2. The van der Waals surface area contributed by atoms with E-state index in [1.165, 1.54) is 10.6 Å². The number of pyridine rings is 1. The number of esters is 1. The predicted octanol–water partition coefficient (Wildman–Crippen LogP) is 3.79. The van der Waals surface area contributed by atoms with Crippen LogP contribution in [0.15, 0.2) is 30.3 Å². The monoisotopic (exact) mass is 417 g/mol. The fraction of sp³-hybridized carbons (Fsp3) is 0.250. The molecule has 0 aliphatic carbocycles. The van der Waals surface area contributed by atoms with E-state index in [1.54, 1.807) is 19.1 Å². The van der Waals surface area contributed by atoms with Crippen LogP contribution >= 0.6 is 0 Å². The van der Waals surface area contributed by atoms with Crippen LogP contribution in [0.1, 0.15) is 29.0 Å². The molecular formula is C20H18F3N5O2. The topological polar surface area (TPSA) is 98.8 Å². The summed E-state index contributed by atoms with van der Waals surface area (Å²) in [5.74, 6) is -1.58. The number of methoxy groups -OCH3 is 1. The van der Waals surface area contributed by atoms with Crippen molar-refractivity contribution in [3.63, 3.8) is 0 Å². The number of H-pyrrole nitrogens is 1. The normalized spacial score (nSPS) is 12.8. The molecule has 10 heteroatoms. The molecular weight excluding hydrogens is 399 g/mol. The Morgan fingerprint density at radius 2 is 2.03 bits per heavy atom. The second-order valence-electron chi connectivity index (χ2n) is 6.90. The van der Waals surface area contributed by atoms with Gasteiger partial charge in [-0.3, -0.25) is 0 Å². The Kier molecular flexibility index (Phi) is 4.94. The van der Waals surface area contributed by atoms with Crippen LogP contribution in [0.4, 0.5) is 13.2 Å². The fourth-order valence-electron chi connectivity index (χ4n) is 3.34. The molecule has 0 fully saturated rings. The Balaban J connectivity index is 1.92. The zero-order valence-corrected chi connectivity index (χ0v) is 16.1. The van der Waals surface area contributed by atoms with Crippen molar-refractivity contribution in [2.45, 2.75) is 25.9 Å². The van der Waals surface area contributed by atoms with E-state index < -0.39 is 24.8 Å². The van der Waals surface area contributed by atoms with E-state index in [-0.39, 0.29) is 28.5 Å². The Morgan fingerprint density at radius 1 is 1.27 bits per heavy atom. The number of rotatable bonds is 5. The van der Waals surface area contributed by atoms with Crippen LogP contribution in [0.5, 0.6) is 0 Å². The minimum Gasteiger partial charge on any atom is -0.465 e. The average molecular weight is 417 g/mol. The number of halogens is 3. The molecule has 3 aromatic heterocycles. The number of aromatic amines is 1. The van der Waals surface area contributed by atoms with Crippen molar-refractivity contribution >= 4 is 28.0 Å².